The minimum Gasteiger partial charge on any atom is -0.352 e. The average molecular weight is 601 g/mol. The Kier molecular flexibility index (Phi) is 10.2. The van der Waals surface area contributed by atoms with Crippen LogP contribution < -0.4 is 5.32 Å². The van der Waals surface area contributed by atoms with E-state index in [0.29, 0.717) is 0 Å². The third-order valence-electron chi connectivity index (χ3n) is 6.06. The number of rotatable bonds is 11. The summed E-state index contributed by atoms with van der Waals surface area (Å²) in [5, 5.41) is 2.94. The van der Waals surface area contributed by atoms with Crippen molar-refractivity contribution in [1.29, 1.82) is 0 Å². The van der Waals surface area contributed by atoms with Gasteiger partial charge in [-0.3, -0.25) is 9.59 Å². The molecule has 1 N–H and O–H groups in total. The van der Waals surface area contributed by atoms with Gasteiger partial charge in [0.1, 0.15) is 6.04 Å². The van der Waals surface area contributed by atoms with Gasteiger partial charge < -0.3 is 10.2 Å². The molecular weight excluding hydrogens is 566 g/mol. The molecular formula is C29H34BrN3O4S. The van der Waals surface area contributed by atoms with E-state index >= 15 is 0 Å². The first-order chi connectivity index (χ1) is 18.0. The SMILES string of the molecule is Cc1ccc(S(=O)(=O)N(C)CC(=O)N(Cc2ccc(Br)cc2)[C@@H](Cc2ccccc2)C(=O)NC(C)C)cc1. The quantitative estimate of drug-likeness (QED) is 0.350. The van der Waals surface area contributed by atoms with Gasteiger partial charge in [-0.15, -0.1) is 0 Å². The molecule has 0 saturated carbocycles. The molecule has 0 aliphatic rings. The molecule has 0 unspecified atom stereocenters. The number of carbonyl (C=O) groups excluding carboxylic acids is 2. The van der Waals surface area contributed by atoms with E-state index < -0.39 is 28.5 Å². The molecule has 3 rings (SSSR count). The van der Waals surface area contributed by atoms with E-state index in [0.717, 1.165) is 25.5 Å². The molecule has 0 fully saturated rings. The number of benzene rings is 3. The van der Waals surface area contributed by atoms with Crippen molar-refractivity contribution >= 4 is 37.8 Å². The summed E-state index contributed by atoms with van der Waals surface area (Å²) < 4.78 is 28.3. The predicted molar refractivity (Wildman–Crippen MR) is 153 cm³/mol. The Hall–Kier alpha value is -3.01. The fourth-order valence-corrected chi connectivity index (χ4v) is 5.36. The lowest BCUT2D eigenvalue weighted by molar-refractivity contribution is -0.141. The monoisotopic (exact) mass is 599 g/mol. The molecule has 0 spiro atoms. The zero-order valence-corrected chi connectivity index (χ0v) is 24.5. The minimum atomic E-state index is -3.91. The van der Waals surface area contributed by atoms with Gasteiger partial charge in [0, 0.05) is 30.5 Å². The largest absolute Gasteiger partial charge is 0.352 e. The summed E-state index contributed by atoms with van der Waals surface area (Å²) in [6.07, 6.45) is 0.288. The number of sulfonamides is 1. The first-order valence-electron chi connectivity index (χ1n) is 12.4. The van der Waals surface area contributed by atoms with Gasteiger partial charge in [-0.05, 0) is 56.2 Å². The molecule has 0 saturated heterocycles. The normalized spacial score (nSPS) is 12.4. The van der Waals surface area contributed by atoms with E-state index in [1.165, 1.54) is 24.1 Å². The van der Waals surface area contributed by atoms with Crippen molar-refractivity contribution in [3.8, 4) is 0 Å². The molecule has 38 heavy (non-hydrogen) atoms. The maximum atomic E-state index is 13.8. The molecule has 0 heterocycles. The van der Waals surface area contributed by atoms with Crippen molar-refractivity contribution in [3.05, 3.63) is 100 Å². The molecule has 9 heteroatoms. The van der Waals surface area contributed by atoms with Crippen molar-refractivity contribution in [2.45, 2.75) is 50.7 Å². The van der Waals surface area contributed by atoms with Gasteiger partial charge in [-0.1, -0.05) is 76.1 Å². The van der Waals surface area contributed by atoms with E-state index in [-0.39, 0.29) is 29.8 Å². The number of amides is 2. The van der Waals surface area contributed by atoms with E-state index in [9.17, 15) is 18.0 Å². The van der Waals surface area contributed by atoms with Crippen molar-refractivity contribution < 1.29 is 18.0 Å². The summed E-state index contributed by atoms with van der Waals surface area (Å²) in [7, 11) is -2.53. The third kappa shape index (κ3) is 7.99. The number of nitrogens with zero attached hydrogens (tertiary/aromatic N) is 2. The van der Waals surface area contributed by atoms with Gasteiger partial charge >= 0.3 is 0 Å². The fourth-order valence-electron chi connectivity index (χ4n) is 3.98. The molecule has 0 aliphatic carbocycles. The van der Waals surface area contributed by atoms with Crippen molar-refractivity contribution in [2.24, 2.45) is 0 Å². The zero-order valence-electron chi connectivity index (χ0n) is 22.1. The van der Waals surface area contributed by atoms with Crippen LogP contribution in [-0.4, -0.2) is 55.1 Å². The smallest absolute Gasteiger partial charge is 0.243 e. The van der Waals surface area contributed by atoms with Crippen LogP contribution in [0.15, 0.2) is 88.2 Å². The van der Waals surface area contributed by atoms with Gasteiger partial charge in [-0.25, -0.2) is 8.42 Å². The summed E-state index contributed by atoms with van der Waals surface area (Å²) in [4.78, 5) is 28.8. The first kappa shape index (κ1) is 29.5. The lowest BCUT2D eigenvalue weighted by atomic mass is 10.0. The standard InChI is InChI=1S/C29H34BrN3O4S/c1-21(2)31-29(35)27(18-23-8-6-5-7-9-23)33(19-24-12-14-25(30)15-13-24)28(34)20-32(4)38(36,37)26-16-10-22(3)11-17-26/h5-17,21,27H,18-20H2,1-4H3,(H,31,35)/t27-/m0/s1. The van der Waals surface area contributed by atoms with Crippen molar-refractivity contribution in [1.82, 2.24) is 14.5 Å². The minimum absolute atomic E-state index is 0.108. The van der Waals surface area contributed by atoms with Crippen LogP contribution in [-0.2, 0) is 32.6 Å². The van der Waals surface area contributed by atoms with Gasteiger partial charge in [0.2, 0.25) is 21.8 Å². The van der Waals surface area contributed by atoms with Crippen LogP contribution in [0.2, 0.25) is 0 Å². The second-order valence-corrected chi connectivity index (χ2v) is 12.6. The van der Waals surface area contributed by atoms with E-state index in [1.54, 1.807) is 12.1 Å². The second-order valence-electron chi connectivity index (χ2n) is 9.59. The van der Waals surface area contributed by atoms with Crippen LogP contribution in [0.1, 0.15) is 30.5 Å². The van der Waals surface area contributed by atoms with Gasteiger partial charge in [0.15, 0.2) is 0 Å². The topological polar surface area (TPSA) is 86.8 Å². The molecule has 2 amide bonds. The van der Waals surface area contributed by atoms with Crippen LogP contribution in [0.5, 0.6) is 0 Å². The Bertz CT molecular complexity index is 1330. The number of likely N-dealkylation sites (N-methyl/N-ethyl adjacent to an activating group) is 1. The van der Waals surface area contributed by atoms with Crippen molar-refractivity contribution in [2.75, 3.05) is 13.6 Å². The first-order valence-corrected chi connectivity index (χ1v) is 14.6. The number of carbonyl (C=O) groups is 2. The number of hydrogen-bond acceptors (Lipinski definition) is 4. The highest BCUT2D eigenvalue weighted by Gasteiger charge is 2.33. The molecule has 0 aliphatic heterocycles. The van der Waals surface area contributed by atoms with Crippen LogP contribution in [0.3, 0.4) is 0 Å². The Balaban J connectivity index is 1.96. The van der Waals surface area contributed by atoms with E-state index in [2.05, 4.69) is 21.2 Å². The Morgan fingerprint density at radius 2 is 1.50 bits per heavy atom. The summed E-state index contributed by atoms with van der Waals surface area (Å²) in [5.74, 6) is -0.760. The summed E-state index contributed by atoms with van der Waals surface area (Å²) >= 11 is 3.43. The number of halogens is 1. The molecule has 0 radical (unpaired) electrons. The summed E-state index contributed by atoms with van der Waals surface area (Å²) in [5.41, 5.74) is 2.65. The summed E-state index contributed by atoms with van der Waals surface area (Å²) in [6, 6.07) is 22.5. The highest BCUT2D eigenvalue weighted by Crippen LogP contribution is 2.19. The number of aryl methyl sites for hydroxylation is 1. The van der Waals surface area contributed by atoms with Gasteiger partial charge in [0.25, 0.3) is 0 Å². The Morgan fingerprint density at radius 3 is 2.08 bits per heavy atom. The fraction of sp³-hybridized carbons (Fsp3) is 0.310. The lowest BCUT2D eigenvalue weighted by Gasteiger charge is -2.33. The van der Waals surface area contributed by atoms with Crippen LogP contribution >= 0.6 is 15.9 Å². The maximum Gasteiger partial charge on any atom is 0.243 e. The number of hydrogen-bond donors (Lipinski definition) is 1. The van der Waals surface area contributed by atoms with Crippen LogP contribution in [0.25, 0.3) is 0 Å². The van der Waals surface area contributed by atoms with E-state index in [1.807, 2.05) is 75.4 Å². The maximum absolute atomic E-state index is 13.8. The number of nitrogens with one attached hydrogen (secondary N) is 1. The molecule has 202 valence electrons. The van der Waals surface area contributed by atoms with Gasteiger partial charge in [0.05, 0.1) is 11.4 Å². The third-order valence-corrected chi connectivity index (χ3v) is 8.40. The highest BCUT2D eigenvalue weighted by molar-refractivity contribution is 9.10. The predicted octanol–water partition coefficient (Wildman–Crippen LogP) is 4.54. The molecule has 3 aromatic carbocycles. The van der Waals surface area contributed by atoms with Crippen molar-refractivity contribution in [3.63, 3.8) is 0 Å². The van der Waals surface area contributed by atoms with E-state index in [4.69, 9.17) is 0 Å². The molecule has 0 bridgehead atoms. The molecule has 0 aromatic heterocycles. The average Bonchev–Trinajstić information content (AvgIpc) is 2.87. The lowest BCUT2D eigenvalue weighted by Crippen LogP contribution is -2.53. The van der Waals surface area contributed by atoms with Crippen LogP contribution in [0, 0.1) is 6.92 Å². The van der Waals surface area contributed by atoms with Crippen LogP contribution in [0.4, 0.5) is 0 Å². The Morgan fingerprint density at radius 1 is 0.895 bits per heavy atom. The Labute approximate surface area is 234 Å². The highest BCUT2D eigenvalue weighted by atomic mass is 79.9. The van der Waals surface area contributed by atoms with Gasteiger partial charge in [-0.2, -0.15) is 4.31 Å². The molecule has 3 aromatic rings. The summed E-state index contributed by atoms with van der Waals surface area (Å²) in [6.45, 7) is 5.33. The zero-order chi connectivity index (χ0) is 27.9. The molecule has 7 nitrogen and oxygen atoms in total. The molecule has 1 atom stereocenters. The second kappa shape index (κ2) is 13.2.